The molecule has 1 fully saturated rings. The lowest BCUT2D eigenvalue weighted by molar-refractivity contribution is -0.127. The maximum absolute atomic E-state index is 12.9. The van der Waals surface area contributed by atoms with Crippen LogP contribution in [0.15, 0.2) is 16.6 Å². The molecule has 156 valence electrons. The van der Waals surface area contributed by atoms with Crippen LogP contribution in [0.4, 0.5) is 0 Å². The zero-order chi connectivity index (χ0) is 20.5. The van der Waals surface area contributed by atoms with Crippen molar-refractivity contribution in [2.45, 2.75) is 66.2 Å². The maximum atomic E-state index is 12.9. The summed E-state index contributed by atoms with van der Waals surface area (Å²) in [5.41, 5.74) is 5.33. The highest BCUT2D eigenvalue weighted by atomic mass is 16.5. The number of nitrogens with zero attached hydrogens (tertiary/aromatic N) is 1. The van der Waals surface area contributed by atoms with Crippen molar-refractivity contribution in [3.8, 4) is 5.75 Å². The average molecular weight is 396 g/mol. The van der Waals surface area contributed by atoms with Crippen molar-refractivity contribution in [1.29, 1.82) is 0 Å². The van der Waals surface area contributed by atoms with Gasteiger partial charge in [-0.2, -0.15) is 0 Å². The third-order valence-corrected chi connectivity index (χ3v) is 6.45. The van der Waals surface area contributed by atoms with Crippen molar-refractivity contribution in [1.82, 2.24) is 4.90 Å². The molecule has 4 rings (SSSR count). The van der Waals surface area contributed by atoms with E-state index in [-0.39, 0.29) is 5.91 Å². The number of ether oxygens (including phenoxy) is 1. The summed E-state index contributed by atoms with van der Waals surface area (Å²) >= 11 is 0. The van der Waals surface area contributed by atoms with Crippen molar-refractivity contribution in [3.05, 3.63) is 34.6 Å². The van der Waals surface area contributed by atoms with Crippen molar-refractivity contribution in [2.24, 2.45) is 5.92 Å². The number of rotatable bonds is 4. The van der Waals surface area contributed by atoms with Crippen molar-refractivity contribution in [2.75, 3.05) is 19.7 Å². The number of amides is 1. The van der Waals surface area contributed by atoms with Crippen LogP contribution in [0, 0.1) is 12.8 Å². The van der Waals surface area contributed by atoms with E-state index in [1.165, 1.54) is 30.2 Å². The summed E-state index contributed by atoms with van der Waals surface area (Å²) in [4.78, 5) is 14.9. The number of carbonyl (C=O) groups excluding carboxylic acids is 1. The number of benzene rings is 1. The Hall–Kier alpha value is -2.23. The SMILES string of the molecule is CCOc1c(/C(C)=C/C(=O)N2CCCC(C)C2)cc2c3c(oc2c1C)CCCC3. The minimum absolute atomic E-state index is 0.114. The Labute approximate surface area is 173 Å². The van der Waals surface area contributed by atoms with Crippen LogP contribution in [-0.2, 0) is 17.6 Å². The molecule has 2 aliphatic rings. The minimum Gasteiger partial charge on any atom is -0.493 e. The van der Waals surface area contributed by atoms with Gasteiger partial charge >= 0.3 is 0 Å². The summed E-state index contributed by atoms with van der Waals surface area (Å²) < 4.78 is 12.3. The molecule has 1 aromatic carbocycles. The molecule has 1 saturated heterocycles. The molecule has 1 aliphatic carbocycles. The highest BCUT2D eigenvalue weighted by Gasteiger charge is 2.24. The van der Waals surface area contributed by atoms with Gasteiger partial charge in [-0.3, -0.25) is 4.79 Å². The first-order chi connectivity index (χ1) is 14.0. The summed E-state index contributed by atoms with van der Waals surface area (Å²) in [6.45, 7) is 10.6. The minimum atomic E-state index is 0.114. The molecule has 0 bridgehead atoms. The van der Waals surface area contributed by atoms with Gasteiger partial charge < -0.3 is 14.1 Å². The molecule has 0 spiro atoms. The van der Waals surface area contributed by atoms with E-state index in [9.17, 15) is 4.79 Å². The fraction of sp³-hybridized carbons (Fsp3) is 0.560. The Bertz CT molecular complexity index is 953. The van der Waals surface area contributed by atoms with Crippen LogP contribution >= 0.6 is 0 Å². The van der Waals surface area contributed by atoms with Crippen LogP contribution in [0.3, 0.4) is 0 Å². The summed E-state index contributed by atoms with van der Waals surface area (Å²) in [6, 6.07) is 2.19. The molecule has 4 heteroatoms. The fourth-order valence-corrected chi connectivity index (χ4v) is 4.90. The number of carbonyl (C=O) groups is 1. The molecular weight excluding hydrogens is 362 g/mol. The Morgan fingerprint density at radius 1 is 1.31 bits per heavy atom. The molecule has 0 radical (unpaired) electrons. The molecule has 1 aromatic heterocycles. The van der Waals surface area contributed by atoms with Gasteiger partial charge in [0.25, 0.3) is 0 Å². The van der Waals surface area contributed by atoms with E-state index in [1.54, 1.807) is 6.08 Å². The van der Waals surface area contributed by atoms with E-state index in [2.05, 4.69) is 19.9 Å². The molecule has 0 saturated carbocycles. The number of allylic oxidation sites excluding steroid dienone is 1. The average Bonchev–Trinajstić information content (AvgIpc) is 3.09. The zero-order valence-electron chi connectivity index (χ0n) is 18.3. The predicted octanol–water partition coefficient (Wildman–Crippen LogP) is 5.68. The highest BCUT2D eigenvalue weighted by molar-refractivity contribution is 5.98. The molecule has 2 aromatic rings. The number of piperidine rings is 1. The first kappa shape index (κ1) is 20.1. The van der Waals surface area contributed by atoms with Crippen LogP contribution in [0.1, 0.15) is 68.9 Å². The van der Waals surface area contributed by atoms with E-state index in [0.717, 1.165) is 66.1 Å². The maximum Gasteiger partial charge on any atom is 0.246 e. The zero-order valence-corrected chi connectivity index (χ0v) is 18.3. The second-order valence-corrected chi connectivity index (χ2v) is 8.76. The van der Waals surface area contributed by atoms with Crippen molar-refractivity contribution < 1.29 is 13.9 Å². The largest absolute Gasteiger partial charge is 0.493 e. The Morgan fingerprint density at radius 3 is 2.86 bits per heavy atom. The quantitative estimate of drug-likeness (QED) is 0.626. The first-order valence-electron chi connectivity index (χ1n) is 11.2. The van der Waals surface area contributed by atoms with E-state index < -0.39 is 0 Å². The summed E-state index contributed by atoms with van der Waals surface area (Å²) in [7, 11) is 0. The molecular formula is C25H33NO3. The Balaban J connectivity index is 1.76. The molecule has 1 unspecified atom stereocenters. The van der Waals surface area contributed by atoms with Crippen LogP contribution < -0.4 is 4.74 Å². The summed E-state index contributed by atoms with van der Waals surface area (Å²) in [6.07, 6.45) is 8.60. The molecule has 1 aliphatic heterocycles. The number of furan rings is 1. The predicted molar refractivity (Wildman–Crippen MR) is 117 cm³/mol. The van der Waals surface area contributed by atoms with Crippen LogP contribution in [0.2, 0.25) is 0 Å². The van der Waals surface area contributed by atoms with Crippen molar-refractivity contribution in [3.63, 3.8) is 0 Å². The van der Waals surface area contributed by atoms with Gasteiger partial charge in [-0.25, -0.2) is 0 Å². The number of aryl methyl sites for hydroxylation is 3. The standard InChI is InChI=1S/C25H33NO3/c1-5-28-24-18(4)25-21(19-10-6-7-11-22(19)29-25)14-20(24)17(3)13-23(27)26-12-8-9-16(2)15-26/h13-14,16H,5-12,15H2,1-4H3/b17-13+. The van der Waals surface area contributed by atoms with Gasteiger partial charge in [0, 0.05) is 47.7 Å². The van der Waals surface area contributed by atoms with Gasteiger partial charge in [-0.1, -0.05) is 6.92 Å². The Morgan fingerprint density at radius 2 is 2.10 bits per heavy atom. The second-order valence-electron chi connectivity index (χ2n) is 8.76. The van der Waals surface area contributed by atoms with Gasteiger partial charge in [0.1, 0.15) is 17.1 Å². The monoisotopic (exact) mass is 395 g/mol. The number of hydrogen-bond acceptors (Lipinski definition) is 3. The van der Waals surface area contributed by atoms with Crippen LogP contribution in [0.25, 0.3) is 16.5 Å². The van der Waals surface area contributed by atoms with E-state index in [1.807, 2.05) is 18.7 Å². The number of likely N-dealkylation sites (tertiary alicyclic amines) is 1. The molecule has 29 heavy (non-hydrogen) atoms. The topological polar surface area (TPSA) is 42.7 Å². The summed E-state index contributed by atoms with van der Waals surface area (Å²) in [5.74, 6) is 2.67. The van der Waals surface area contributed by atoms with Gasteiger partial charge in [-0.15, -0.1) is 0 Å². The van der Waals surface area contributed by atoms with Gasteiger partial charge in [0.05, 0.1) is 6.61 Å². The molecule has 1 amide bonds. The lowest BCUT2D eigenvalue weighted by Crippen LogP contribution is -2.38. The fourth-order valence-electron chi connectivity index (χ4n) is 4.90. The molecule has 4 nitrogen and oxygen atoms in total. The lowest BCUT2D eigenvalue weighted by atomic mass is 9.92. The van der Waals surface area contributed by atoms with Crippen LogP contribution in [-0.4, -0.2) is 30.5 Å². The number of fused-ring (bicyclic) bond motifs is 3. The lowest BCUT2D eigenvalue weighted by Gasteiger charge is -2.30. The van der Waals surface area contributed by atoms with Crippen molar-refractivity contribution >= 4 is 22.4 Å². The van der Waals surface area contributed by atoms with E-state index >= 15 is 0 Å². The normalized spacial score (nSPS) is 20.1. The smallest absolute Gasteiger partial charge is 0.246 e. The van der Waals surface area contributed by atoms with Gasteiger partial charge in [-0.05, 0) is 70.4 Å². The van der Waals surface area contributed by atoms with E-state index in [0.29, 0.717) is 12.5 Å². The molecule has 1 atom stereocenters. The summed E-state index contributed by atoms with van der Waals surface area (Å²) in [5, 5.41) is 1.20. The molecule has 2 heterocycles. The highest BCUT2D eigenvalue weighted by Crippen LogP contribution is 2.41. The third-order valence-electron chi connectivity index (χ3n) is 6.45. The third kappa shape index (κ3) is 3.82. The van der Waals surface area contributed by atoms with Crippen LogP contribution in [0.5, 0.6) is 5.75 Å². The van der Waals surface area contributed by atoms with E-state index in [4.69, 9.17) is 9.15 Å². The van der Waals surface area contributed by atoms with Gasteiger partial charge in [0.2, 0.25) is 5.91 Å². The second kappa shape index (κ2) is 8.25. The molecule has 0 N–H and O–H groups in total. The number of hydrogen-bond donors (Lipinski definition) is 0. The first-order valence-corrected chi connectivity index (χ1v) is 11.2. The Kier molecular flexibility index (Phi) is 5.71. The van der Waals surface area contributed by atoms with Gasteiger partial charge in [0.15, 0.2) is 0 Å².